The van der Waals surface area contributed by atoms with E-state index in [0.717, 1.165) is 22.0 Å². The zero-order valence-electron chi connectivity index (χ0n) is 16.6. The van der Waals surface area contributed by atoms with Gasteiger partial charge in [0.25, 0.3) is 0 Å². The Morgan fingerprint density at radius 3 is 2.61 bits per heavy atom. The number of pyridine rings is 1. The molecule has 5 rings (SSSR count). The smallest absolute Gasteiger partial charge is 0.240 e. The molecule has 9 heteroatoms. The molecule has 0 aliphatic carbocycles. The maximum atomic E-state index is 12.8. The molecule has 0 atom stereocenters. The molecule has 0 amide bonds. The average molecular weight is 430 g/mol. The number of rotatable bonds is 5. The second-order valence-corrected chi connectivity index (χ2v) is 8.87. The summed E-state index contributed by atoms with van der Waals surface area (Å²) in [6.07, 6.45) is 3.27. The molecule has 0 bridgehead atoms. The number of benzene rings is 2. The molecule has 0 saturated heterocycles. The fraction of sp³-hybridized carbons (Fsp3) is 0.0909. The number of nitrogens with one attached hydrogen (secondary N) is 1. The van der Waals surface area contributed by atoms with Crippen molar-refractivity contribution in [2.24, 2.45) is 0 Å². The molecule has 2 aromatic carbocycles. The second-order valence-electron chi connectivity index (χ2n) is 7.10. The highest BCUT2D eigenvalue weighted by atomic mass is 32.2. The van der Waals surface area contributed by atoms with E-state index in [1.807, 2.05) is 37.3 Å². The predicted molar refractivity (Wildman–Crippen MR) is 117 cm³/mol. The van der Waals surface area contributed by atoms with Gasteiger partial charge in [0.1, 0.15) is 0 Å². The number of hydrogen-bond acceptors (Lipinski definition) is 6. The van der Waals surface area contributed by atoms with Crippen molar-refractivity contribution in [2.45, 2.75) is 18.4 Å². The first-order chi connectivity index (χ1) is 15.0. The Kier molecular flexibility index (Phi) is 4.68. The highest BCUT2D eigenvalue weighted by Gasteiger charge is 2.18. The van der Waals surface area contributed by atoms with Crippen LogP contribution in [0.2, 0.25) is 0 Å². The molecule has 0 saturated carbocycles. The van der Waals surface area contributed by atoms with Crippen molar-refractivity contribution >= 4 is 26.4 Å². The van der Waals surface area contributed by atoms with Crippen LogP contribution in [0.4, 0.5) is 0 Å². The topological polar surface area (TPSA) is 102 Å². The fourth-order valence-electron chi connectivity index (χ4n) is 3.49. The third-order valence-electron chi connectivity index (χ3n) is 5.04. The predicted octanol–water partition coefficient (Wildman–Crippen LogP) is 3.13. The van der Waals surface area contributed by atoms with Crippen LogP contribution in [-0.2, 0) is 16.6 Å². The van der Waals surface area contributed by atoms with Crippen molar-refractivity contribution < 1.29 is 8.42 Å². The summed E-state index contributed by atoms with van der Waals surface area (Å²) < 4.78 is 29.9. The molecule has 154 valence electrons. The van der Waals surface area contributed by atoms with Crippen LogP contribution in [0.15, 0.2) is 78.0 Å². The van der Waals surface area contributed by atoms with E-state index < -0.39 is 10.0 Å². The van der Waals surface area contributed by atoms with E-state index in [-0.39, 0.29) is 11.4 Å². The van der Waals surface area contributed by atoms with Crippen molar-refractivity contribution in [3.8, 4) is 11.4 Å². The van der Waals surface area contributed by atoms with Crippen LogP contribution in [-0.4, -0.2) is 33.2 Å². The van der Waals surface area contributed by atoms with Crippen LogP contribution in [0.25, 0.3) is 27.8 Å². The van der Waals surface area contributed by atoms with Gasteiger partial charge in [-0.15, -0.1) is 10.2 Å². The molecule has 3 aromatic heterocycles. The molecule has 0 radical (unpaired) electrons. The summed E-state index contributed by atoms with van der Waals surface area (Å²) in [5, 5.41) is 15.2. The molecule has 5 aromatic rings. The molecule has 3 heterocycles. The van der Waals surface area contributed by atoms with E-state index in [1.54, 1.807) is 47.2 Å². The minimum Gasteiger partial charge on any atom is -0.264 e. The Labute approximate surface area is 178 Å². The van der Waals surface area contributed by atoms with Gasteiger partial charge in [0.15, 0.2) is 11.5 Å². The molecule has 0 aliphatic rings. The Bertz CT molecular complexity index is 1510. The SMILES string of the molecule is Cc1nn2c(-c3cccc(S(=O)(=O)NCc4cccnc4)c3)nnc2c2ccccc12. The Morgan fingerprint density at radius 1 is 0.968 bits per heavy atom. The van der Waals surface area contributed by atoms with Crippen LogP contribution in [0, 0.1) is 6.92 Å². The van der Waals surface area contributed by atoms with Gasteiger partial charge in [-0.2, -0.15) is 9.61 Å². The van der Waals surface area contributed by atoms with Crippen molar-refractivity contribution in [1.29, 1.82) is 0 Å². The van der Waals surface area contributed by atoms with Gasteiger partial charge in [-0.1, -0.05) is 42.5 Å². The van der Waals surface area contributed by atoms with E-state index in [9.17, 15) is 8.42 Å². The average Bonchev–Trinajstić information content (AvgIpc) is 3.23. The van der Waals surface area contributed by atoms with E-state index in [0.29, 0.717) is 17.0 Å². The summed E-state index contributed by atoms with van der Waals surface area (Å²) in [6.45, 7) is 2.08. The monoisotopic (exact) mass is 430 g/mol. The molecule has 0 spiro atoms. The van der Waals surface area contributed by atoms with E-state index in [2.05, 4.69) is 25.0 Å². The van der Waals surface area contributed by atoms with Crippen LogP contribution in [0.5, 0.6) is 0 Å². The molecule has 8 nitrogen and oxygen atoms in total. The summed E-state index contributed by atoms with van der Waals surface area (Å²) in [5.74, 6) is 0.480. The molecule has 31 heavy (non-hydrogen) atoms. The lowest BCUT2D eigenvalue weighted by atomic mass is 10.1. The minimum absolute atomic E-state index is 0.142. The van der Waals surface area contributed by atoms with Gasteiger partial charge in [0.2, 0.25) is 10.0 Å². The van der Waals surface area contributed by atoms with Crippen LogP contribution < -0.4 is 4.72 Å². The third kappa shape index (κ3) is 3.54. The third-order valence-corrected chi connectivity index (χ3v) is 6.44. The number of nitrogens with zero attached hydrogens (tertiary/aromatic N) is 5. The fourth-order valence-corrected chi connectivity index (χ4v) is 4.55. The quantitative estimate of drug-likeness (QED) is 0.460. The Hall–Kier alpha value is -3.69. The number of aromatic nitrogens is 5. The van der Waals surface area contributed by atoms with Gasteiger partial charge >= 0.3 is 0 Å². The van der Waals surface area contributed by atoms with Crippen molar-refractivity contribution in [3.05, 3.63) is 84.3 Å². The lowest BCUT2D eigenvalue weighted by Crippen LogP contribution is -2.23. The second kappa shape index (κ2) is 7.53. The Morgan fingerprint density at radius 2 is 1.81 bits per heavy atom. The van der Waals surface area contributed by atoms with E-state index in [4.69, 9.17) is 0 Å². The number of aryl methyl sites for hydroxylation is 1. The van der Waals surface area contributed by atoms with Gasteiger partial charge < -0.3 is 0 Å². The summed E-state index contributed by atoms with van der Waals surface area (Å²) in [7, 11) is -3.72. The summed E-state index contributed by atoms with van der Waals surface area (Å²) >= 11 is 0. The Balaban J connectivity index is 1.54. The highest BCUT2D eigenvalue weighted by Crippen LogP contribution is 2.26. The van der Waals surface area contributed by atoms with E-state index in [1.165, 1.54) is 0 Å². The van der Waals surface area contributed by atoms with Crippen molar-refractivity contribution in [3.63, 3.8) is 0 Å². The maximum absolute atomic E-state index is 12.8. The van der Waals surface area contributed by atoms with Gasteiger partial charge in [0, 0.05) is 35.3 Å². The zero-order valence-corrected chi connectivity index (χ0v) is 17.4. The first kappa shape index (κ1) is 19.3. The number of fused-ring (bicyclic) bond motifs is 3. The van der Waals surface area contributed by atoms with Crippen LogP contribution >= 0.6 is 0 Å². The first-order valence-electron chi connectivity index (χ1n) is 9.63. The highest BCUT2D eigenvalue weighted by molar-refractivity contribution is 7.89. The lowest BCUT2D eigenvalue weighted by molar-refractivity contribution is 0.581. The van der Waals surface area contributed by atoms with Gasteiger partial charge in [-0.05, 0) is 30.7 Å². The van der Waals surface area contributed by atoms with Crippen LogP contribution in [0.3, 0.4) is 0 Å². The van der Waals surface area contributed by atoms with Gasteiger partial charge in [0.05, 0.1) is 10.6 Å². The molecule has 1 N–H and O–H groups in total. The molecular formula is C22H18N6O2S. The summed E-state index contributed by atoms with van der Waals surface area (Å²) in [5.41, 5.74) is 2.85. The van der Waals surface area contributed by atoms with Crippen molar-refractivity contribution in [1.82, 2.24) is 29.5 Å². The summed E-state index contributed by atoms with van der Waals surface area (Å²) in [6, 6.07) is 18.0. The van der Waals surface area contributed by atoms with Crippen molar-refractivity contribution in [2.75, 3.05) is 0 Å². The van der Waals surface area contributed by atoms with E-state index >= 15 is 0 Å². The number of sulfonamides is 1. The molecule has 0 unspecified atom stereocenters. The standard InChI is InChI=1S/C22H18N6O2S/c1-15-19-9-2-3-10-20(19)22-26-25-21(28(22)27-15)17-7-4-8-18(12-17)31(29,30)24-14-16-6-5-11-23-13-16/h2-13,24H,14H2,1H3. The largest absolute Gasteiger partial charge is 0.264 e. The molecular weight excluding hydrogens is 412 g/mol. The normalized spacial score (nSPS) is 11.9. The maximum Gasteiger partial charge on any atom is 0.240 e. The first-order valence-corrected chi connectivity index (χ1v) is 11.1. The van der Waals surface area contributed by atoms with Gasteiger partial charge in [-0.25, -0.2) is 13.1 Å². The minimum atomic E-state index is -3.72. The van der Waals surface area contributed by atoms with Gasteiger partial charge in [-0.3, -0.25) is 4.98 Å². The molecule has 0 aliphatic heterocycles. The lowest BCUT2D eigenvalue weighted by Gasteiger charge is -2.08. The zero-order chi connectivity index (χ0) is 21.4. The summed E-state index contributed by atoms with van der Waals surface area (Å²) in [4.78, 5) is 4.15. The number of hydrogen-bond donors (Lipinski definition) is 1. The molecule has 0 fully saturated rings. The van der Waals surface area contributed by atoms with Crippen LogP contribution in [0.1, 0.15) is 11.3 Å².